The van der Waals surface area contributed by atoms with Crippen LogP contribution >= 0.6 is 15.9 Å². The SMILES string of the molecule is Cc1ccnc(C(C(C)C)C(C)Br)n1. The van der Waals surface area contributed by atoms with Crippen LogP contribution in [0.15, 0.2) is 12.3 Å². The summed E-state index contributed by atoms with van der Waals surface area (Å²) in [5, 5.41) is 0. The minimum absolute atomic E-state index is 0.384. The first-order chi connectivity index (χ1) is 6.52. The zero-order valence-corrected chi connectivity index (χ0v) is 10.7. The van der Waals surface area contributed by atoms with Gasteiger partial charge in [0.05, 0.1) is 0 Å². The quantitative estimate of drug-likeness (QED) is 0.776. The minimum atomic E-state index is 0.384. The van der Waals surface area contributed by atoms with Gasteiger partial charge in [-0.2, -0.15) is 0 Å². The van der Waals surface area contributed by atoms with Crippen molar-refractivity contribution in [2.75, 3.05) is 0 Å². The number of rotatable bonds is 3. The topological polar surface area (TPSA) is 25.8 Å². The summed E-state index contributed by atoms with van der Waals surface area (Å²) in [6, 6.07) is 1.93. The predicted molar refractivity (Wildman–Crippen MR) is 62.7 cm³/mol. The van der Waals surface area contributed by atoms with Crippen LogP contribution in [0.25, 0.3) is 0 Å². The molecule has 2 unspecified atom stereocenters. The van der Waals surface area contributed by atoms with Gasteiger partial charge in [0.25, 0.3) is 0 Å². The monoisotopic (exact) mass is 256 g/mol. The number of alkyl halides is 1. The largest absolute Gasteiger partial charge is 0.241 e. The number of aromatic nitrogens is 2. The van der Waals surface area contributed by atoms with E-state index in [0.29, 0.717) is 16.7 Å². The van der Waals surface area contributed by atoms with E-state index in [1.807, 2.05) is 19.2 Å². The molecule has 1 heterocycles. The first kappa shape index (κ1) is 11.6. The predicted octanol–water partition coefficient (Wildman–Crippen LogP) is 3.31. The summed E-state index contributed by atoms with van der Waals surface area (Å²) in [6.07, 6.45) is 1.84. The molecule has 0 amide bonds. The zero-order chi connectivity index (χ0) is 10.7. The molecule has 0 saturated heterocycles. The summed E-state index contributed by atoms with van der Waals surface area (Å²) in [6.45, 7) is 8.56. The summed E-state index contributed by atoms with van der Waals surface area (Å²) >= 11 is 3.62. The number of nitrogens with zero attached hydrogens (tertiary/aromatic N) is 2. The molecule has 0 aliphatic carbocycles. The molecule has 2 nitrogen and oxygen atoms in total. The number of hydrogen-bond acceptors (Lipinski definition) is 2. The molecular formula is C11H17BrN2. The molecule has 1 aromatic rings. The molecule has 14 heavy (non-hydrogen) atoms. The molecule has 0 saturated carbocycles. The van der Waals surface area contributed by atoms with Crippen molar-refractivity contribution in [3.8, 4) is 0 Å². The Balaban J connectivity index is 2.99. The normalized spacial score (nSPS) is 15.6. The smallest absolute Gasteiger partial charge is 0.132 e. The van der Waals surface area contributed by atoms with Crippen LogP contribution in [-0.4, -0.2) is 14.8 Å². The summed E-state index contributed by atoms with van der Waals surface area (Å²) < 4.78 is 0. The molecule has 0 N–H and O–H groups in total. The molecule has 0 aliphatic heterocycles. The van der Waals surface area contributed by atoms with Gasteiger partial charge in [-0.15, -0.1) is 0 Å². The first-order valence-corrected chi connectivity index (χ1v) is 5.87. The van der Waals surface area contributed by atoms with Crippen LogP contribution in [0.2, 0.25) is 0 Å². The minimum Gasteiger partial charge on any atom is -0.241 e. The summed E-state index contributed by atoms with van der Waals surface area (Å²) in [7, 11) is 0. The fourth-order valence-electron chi connectivity index (χ4n) is 1.66. The number of halogens is 1. The third kappa shape index (κ3) is 2.77. The van der Waals surface area contributed by atoms with Crippen LogP contribution < -0.4 is 0 Å². The van der Waals surface area contributed by atoms with Crippen molar-refractivity contribution in [1.29, 1.82) is 0 Å². The van der Waals surface area contributed by atoms with Crippen molar-refractivity contribution in [1.82, 2.24) is 9.97 Å². The van der Waals surface area contributed by atoms with E-state index in [1.165, 1.54) is 0 Å². The Labute approximate surface area is 94.3 Å². The van der Waals surface area contributed by atoms with Crippen LogP contribution in [0.5, 0.6) is 0 Å². The van der Waals surface area contributed by atoms with Crippen LogP contribution in [0, 0.1) is 12.8 Å². The zero-order valence-electron chi connectivity index (χ0n) is 9.16. The van der Waals surface area contributed by atoms with Crippen molar-refractivity contribution in [2.24, 2.45) is 5.92 Å². The lowest BCUT2D eigenvalue weighted by molar-refractivity contribution is 0.474. The van der Waals surface area contributed by atoms with Crippen LogP contribution in [0.4, 0.5) is 0 Å². The summed E-state index contributed by atoms with van der Waals surface area (Å²) in [4.78, 5) is 9.22. The van der Waals surface area contributed by atoms with E-state index in [2.05, 4.69) is 46.7 Å². The molecule has 0 aliphatic rings. The Hall–Kier alpha value is -0.440. The van der Waals surface area contributed by atoms with Gasteiger partial charge >= 0.3 is 0 Å². The number of aryl methyl sites for hydroxylation is 1. The van der Waals surface area contributed by atoms with Gasteiger partial charge in [0.2, 0.25) is 0 Å². The maximum absolute atomic E-state index is 4.47. The fraction of sp³-hybridized carbons (Fsp3) is 0.636. The third-order valence-corrected chi connectivity index (χ3v) is 2.89. The Kier molecular flexibility index (Phi) is 4.05. The van der Waals surface area contributed by atoms with Crippen LogP contribution in [0.1, 0.15) is 38.2 Å². The molecule has 78 valence electrons. The highest BCUT2D eigenvalue weighted by molar-refractivity contribution is 9.09. The van der Waals surface area contributed by atoms with Gasteiger partial charge in [0, 0.05) is 22.6 Å². The molecule has 2 atom stereocenters. The molecule has 3 heteroatoms. The highest BCUT2D eigenvalue weighted by atomic mass is 79.9. The second-order valence-corrected chi connectivity index (χ2v) is 5.45. The average molecular weight is 257 g/mol. The highest BCUT2D eigenvalue weighted by Gasteiger charge is 2.23. The van der Waals surface area contributed by atoms with E-state index in [-0.39, 0.29) is 0 Å². The van der Waals surface area contributed by atoms with Gasteiger partial charge in [0.15, 0.2) is 0 Å². The summed E-state index contributed by atoms with van der Waals surface area (Å²) in [5.41, 5.74) is 1.04. The van der Waals surface area contributed by atoms with Crippen LogP contribution in [-0.2, 0) is 0 Å². The van der Waals surface area contributed by atoms with E-state index in [1.54, 1.807) is 0 Å². The lowest BCUT2D eigenvalue weighted by Crippen LogP contribution is -2.18. The fourth-order valence-corrected chi connectivity index (χ4v) is 2.51. The van der Waals surface area contributed by atoms with E-state index < -0.39 is 0 Å². The molecular weight excluding hydrogens is 240 g/mol. The second kappa shape index (κ2) is 4.87. The third-order valence-electron chi connectivity index (χ3n) is 2.32. The maximum atomic E-state index is 4.47. The van der Waals surface area contributed by atoms with Crippen LogP contribution in [0.3, 0.4) is 0 Å². The van der Waals surface area contributed by atoms with Gasteiger partial charge < -0.3 is 0 Å². The maximum Gasteiger partial charge on any atom is 0.132 e. The summed E-state index contributed by atoms with van der Waals surface area (Å²) in [5.74, 6) is 1.88. The Bertz CT molecular complexity index is 289. The van der Waals surface area contributed by atoms with Gasteiger partial charge in [0.1, 0.15) is 5.82 Å². The lowest BCUT2D eigenvalue weighted by Gasteiger charge is -2.22. The standard InChI is InChI=1S/C11H17BrN2/c1-7(2)10(9(4)12)11-13-6-5-8(3)14-11/h5-7,9-10H,1-4H3. The van der Waals surface area contributed by atoms with Gasteiger partial charge in [-0.3, -0.25) is 0 Å². The molecule has 0 spiro atoms. The molecule has 0 radical (unpaired) electrons. The van der Waals surface area contributed by atoms with E-state index in [4.69, 9.17) is 0 Å². The van der Waals surface area contributed by atoms with Crippen molar-refractivity contribution in [3.63, 3.8) is 0 Å². The Morgan fingerprint density at radius 2 is 1.93 bits per heavy atom. The van der Waals surface area contributed by atoms with E-state index in [9.17, 15) is 0 Å². The average Bonchev–Trinajstić information content (AvgIpc) is 2.02. The molecule has 1 rings (SSSR count). The molecule has 0 fully saturated rings. The number of hydrogen-bond donors (Lipinski definition) is 0. The van der Waals surface area contributed by atoms with Crippen molar-refractivity contribution in [3.05, 3.63) is 23.8 Å². The Morgan fingerprint density at radius 3 is 2.36 bits per heavy atom. The van der Waals surface area contributed by atoms with Crippen molar-refractivity contribution in [2.45, 2.75) is 38.4 Å². The second-order valence-electron chi connectivity index (χ2n) is 4.00. The van der Waals surface area contributed by atoms with E-state index >= 15 is 0 Å². The molecule has 1 aromatic heterocycles. The first-order valence-electron chi connectivity index (χ1n) is 4.96. The molecule has 0 aromatic carbocycles. The van der Waals surface area contributed by atoms with Gasteiger partial charge in [-0.25, -0.2) is 9.97 Å². The highest BCUT2D eigenvalue weighted by Crippen LogP contribution is 2.29. The lowest BCUT2D eigenvalue weighted by atomic mass is 9.92. The Morgan fingerprint density at radius 1 is 1.29 bits per heavy atom. The van der Waals surface area contributed by atoms with E-state index in [0.717, 1.165) is 11.5 Å². The van der Waals surface area contributed by atoms with Crippen molar-refractivity contribution >= 4 is 15.9 Å². The molecule has 0 bridgehead atoms. The van der Waals surface area contributed by atoms with Crippen molar-refractivity contribution < 1.29 is 0 Å². The van der Waals surface area contributed by atoms with Gasteiger partial charge in [-0.1, -0.05) is 36.7 Å². The van der Waals surface area contributed by atoms with Gasteiger partial charge in [-0.05, 0) is 18.9 Å².